The summed E-state index contributed by atoms with van der Waals surface area (Å²) in [4.78, 5) is 11.9. The Bertz CT molecular complexity index is 803. The van der Waals surface area contributed by atoms with Crippen LogP contribution in [-0.2, 0) is 14.8 Å². The normalized spacial score (nSPS) is 11.1. The maximum absolute atomic E-state index is 12.4. The highest BCUT2D eigenvalue weighted by Gasteiger charge is 2.14. The Morgan fingerprint density at radius 3 is 2.16 bits per heavy atom. The highest BCUT2D eigenvalue weighted by Crippen LogP contribution is 2.20. The van der Waals surface area contributed by atoms with Gasteiger partial charge in [-0.2, -0.15) is 0 Å². The molecule has 0 aliphatic heterocycles. The van der Waals surface area contributed by atoms with E-state index < -0.39 is 10.0 Å². The summed E-state index contributed by atoms with van der Waals surface area (Å²) in [6.45, 7) is 2.08. The molecule has 0 saturated carbocycles. The van der Waals surface area contributed by atoms with Crippen LogP contribution in [0.15, 0.2) is 57.9 Å². The van der Waals surface area contributed by atoms with Gasteiger partial charge in [-0.1, -0.05) is 35.7 Å². The van der Waals surface area contributed by atoms with Crippen molar-refractivity contribution >= 4 is 43.2 Å². The first kappa shape index (κ1) is 19.5. The van der Waals surface area contributed by atoms with E-state index in [2.05, 4.69) is 32.9 Å². The van der Waals surface area contributed by atoms with Crippen molar-refractivity contribution in [2.45, 2.75) is 37.5 Å². The molecule has 134 valence electrons. The number of rotatable bonds is 8. The van der Waals surface area contributed by atoms with Gasteiger partial charge in [0.05, 0.1) is 4.90 Å². The Hall–Kier alpha value is -1.86. The number of carbonyl (C=O) groups is 1. The molecule has 2 aromatic carbocycles. The van der Waals surface area contributed by atoms with Gasteiger partial charge in [0.15, 0.2) is 0 Å². The Kier molecular flexibility index (Phi) is 7.01. The third-order valence-corrected chi connectivity index (χ3v) is 5.48. The summed E-state index contributed by atoms with van der Waals surface area (Å²) in [5.41, 5.74) is 1.07. The summed E-state index contributed by atoms with van der Waals surface area (Å²) in [5.74, 6) is -0.0583. The van der Waals surface area contributed by atoms with Crippen molar-refractivity contribution < 1.29 is 13.2 Å². The molecule has 0 aliphatic carbocycles. The van der Waals surface area contributed by atoms with Crippen LogP contribution < -0.4 is 10.0 Å². The van der Waals surface area contributed by atoms with Crippen LogP contribution >= 0.6 is 15.9 Å². The lowest BCUT2D eigenvalue weighted by atomic mass is 10.2. The molecule has 0 spiro atoms. The van der Waals surface area contributed by atoms with Gasteiger partial charge in [0.2, 0.25) is 5.91 Å². The molecule has 2 rings (SSSR count). The molecule has 0 atom stereocenters. The zero-order valence-electron chi connectivity index (χ0n) is 14.0. The zero-order valence-corrected chi connectivity index (χ0v) is 16.4. The number of halogens is 1. The van der Waals surface area contributed by atoms with E-state index in [1.165, 1.54) is 12.1 Å². The van der Waals surface area contributed by atoms with Gasteiger partial charge in [-0.15, -0.1) is 0 Å². The van der Waals surface area contributed by atoms with Crippen LogP contribution in [0.1, 0.15) is 32.6 Å². The molecule has 0 fully saturated rings. The predicted molar refractivity (Wildman–Crippen MR) is 104 cm³/mol. The number of amides is 1. The number of hydrogen-bond acceptors (Lipinski definition) is 3. The van der Waals surface area contributed by atoms with Gasteiger partial charge in [-0.3, -0.25) is 9.52 Å². The first-order chi connectivity index (χ1) is 11.9. The van der Waals surface area contributed by atoms with Crippen LogP contribution in [0.25, 0.3) is 0 Å². The Balaban J connectivity index is 2.00. The molecule has 7 heteroatoms. The van der Waals surface area contributed by atoms with Crippen molar-refractivity contribution in [3.8, 4) is 0 Å². The van der Waals surface area contributed by atoms with Crippen LogP contribution in [0.5, 0.6) is 0 Å². The first-order valence-corrected chi connectivity index (χ1v) is 10.4. The predicted octanol–water partition coefficient (Wildman–Crippen LogP) is 4.77. The molecule has 0 unspecified atom stereocenters. The molecule has 1 amide bonds. The van der Waals surface area contributed by atoms with Gasteiger partial charge in [0.25, 0.3) is 10.0 Å². The summed E-state index contributed by atoms with van der Waals surface area (Å²) >= 11 is 3.31. The molecule has 2 aromatic rings. The van der Waals surface area contributed by atoms with Gasteiger partial charge < -0.3 is 5.32 Å². The molecular formula is C18H21BrN2O3S. The number of hydrogen-bond donors (Lipinski definition) is 2. The van der Waals surface area contributed by atoms with Crippen molar-refractivity contribution in [1.29, 1.82) is 0 Å². The Morgan fingerprint density at radius 1 is 0.960 bits per heavy atom. The number of nitrogens with one attached hydrogen (secondary N) is 2. The fourth-order valence-corrected chi connectivity index (χ4v) is 3.53. The summed E-state index contributed by atoms with van der Waals surface area (Å²) in [6.07, 6.45) is 3.41. The van der Waals surface area contributed by atoms with Crippen molar-refractivity contribution in [2.24, 2.45) is 0 Å². The van der Waals surface area contributed by atoms with Crippen molar-refractivity contribution in [3.63, 3.8) is 0 Å². The molecule has 0 aromatic heterocycles. The van der Waals surface area contributed by atoms with E-state index >= 15 is 0 Å². The van der Waals surface area contributed by atoms with Crippen LogP contribution in [0.3, 0.4) is 0 Å². The number of benzene rings is 2. The largest absolute Gasteiger partial charge is 0.326 e. The first-order valence-electron chi connectivity index (χ1n) is 8.09. The number of unbranched alkanes of at least 4 members (excludes halogenated alkanes) is 2. The topological polar surface area (TPSA) is 75.3 Å². The Morgan fingerprint density at radius 2 is 1.56 bits per heavy atom. The van der Waals surface area contributed by atoms with Crippen LogP contribution in [-0.4, -0.2) is 14.3 Å². The fourth-order valence-electron chi connectivity index (χ4n) is 2.21. The summed E-state index contributed by atoms with van der Waals surface area (Å²) in [5, 5.41) is 2.78. The molecule has 2 N–H and O–H groups in total. The maximum atomic E-state index is 12.4. The van der Waals surface area contributed by atoms with Gasteiger partial charge >= 0.3 is 0 Å². The van der Waals surface area contributed by atoms with Gasteiger partial charge in [-0.25, -0.2) is 8.42 Å². The number of anilines is 2. The third kappa shape index (κ3) is 6.17. The van der Waals surface area contributed by atoms with Crippen molar-refractivity contribution in [2.75, 3.05) is 10.0 Å². The molecule has 0 saturated heterocycles. The van der Waals surface area contributed by atoms with Crippen LogP contribution in [0.2, 0.25) is 0 Å². The molecule has 25 heavy (non-hydrogen) atoms. The van der Waals surface area contributed by atoms with Gasteiger partial charge in [0.1, 0.15) is 0 Å². The summed E-state index contributed by atoms with van der Waals surface area (Å²) in [7, 11) is -3.67. The molecule has 0 aliphatic rings. The lowest BCUT2D eigenvalue weighted by molar-refractivity contribution is -0.116. The van der Waals surface area contributed by atoms with Crippen LogP contribution in [0, 0.1) is 0 Å². The van der Waals surface area contributed by atoms with Gasteiger partial charge in [0, 0.05) is 22.3 Å². The third-order valence-electron chi connectivity index (χ3n) is 3.55. The zero-order chi connectivity index (χ0) is 18.3. The molecular weight excluding hydrogens is 404 g/mol. The quantitative estimate of drug-likeness (QED) is 0.599. The molecule has 5 nitrogen and oxygen atoms in total. The lowest BCUT2D eigenvalue weighted by Crippen LogP contribution is -2.14. The minimum absolute atomic E-state index is 0.0583. The van der Waals surface area contributed by atoms with E-state index in [0.29, 0.717) is 17.8 Å². The van der Waals surface area contributed by atoms with E-state index in [-0.39, 0.29) is 10.8 Å². The average Bonchev–Trinajstić information content (AvgIpc) is 2.57. The Labute approximate surface area is 157 Å². The molecule has 0 radical (unpaired) electrons. The van der Waals surface area contributed by atoms with E-state index in [1.807, 2.05) is 0 Å². The minimum atomic E-state index is -3.67. The second-order valence-corrected chi connectivity index (χ2v) is 8.24. The number of carbonyl (C=O) groups excluding carboxylic acids is 1. The summed E-state index contributed by atoms with van der Waals surface area (Å²) < 4.78 is 28.2. The van der Waals surface area contributed by atoms with Crippen molar-refractivity contribution in [1.82, 2.24) is 0 Å². The summed E-state index contributed by atoms with van der Waals surface area (Å²) in [6, 6.07) is 13.0. The molecule has 0 heterocycles. The molecule has 0 bridgehead atoms. The minimum Gasteiger partial charge on any atom is -0.326 e. The second-order valence-electron chi connectivity index (χ2n) is 5.64. The highest BCUT2D eigenvalue weighted by molar-refractivity contribution is 9.10. The standard InChI is InChI=1S/C18H21BrN2O3S/c1-2-3-4-5-18(22)20-15-10-12-17(13-11-15)25(23,24)21-16-8-6-14(19)7-9-16/h6-13,21H,2-5H2,1H3,(H,20,22). The van der Waals surface area contributed by atoms with Crippen LogP contribution in [0.4, 0.5) is 11.4 Å². The monoisotopic (exact) mass is 424 g/mol. The van der Waals surface area contributed by atoms with E-state index in [1.54, 1.807) is 36.4 Å². The van der Waals surface area contributed by atoms with E-state index in [4.69, 9.17) is 0 Å². The number of sulfonamides is 1. The lowest BCUT2D eigenvalue weighted by Gasteiger charge is -2.09. The maximum Gasteiger partial charge on any atom is 0.261 e. The fraction of sp³-hybridized carbons (Fsp3) is 0.278. The van der Waals surface area contributed by atoms with E-state index in [0.717, 1.165) is 23.7 Å². The SMILES string of the molecule is CCCCCC(=O)Nc1ccc(S(=O)(=O)Nc2ccc(Br)cc2)cc1. The highest BCUT2D eigenvalue weighted by atomic mass is 79.9. The smallest absolute Gasteiger partial charge is 0.261 e. The second kappa shape index (κ2) is 9.01. The average molecular weight is 425 g/mol. The van der Waals surface area contributed by atoms with Crippen molar-refractivity contribution in [3.05, 3.63) is 53.0 Å². The van der Waals surface area contributed by atoms with Gasteiger partial charge in [-0.05, 0) is 55.0 Å². The van der Waals surface area contributed by atoms with E-state index in [9.17, 15) is 13.2 Å².